The maximum atomic E-state index is 13.4. The van der Waals surface area contributed by atoms with Gasteiger partial charge in [-0.1, -0.05) is 42.5 Å². The molecular weight excluding hydrogens is 430 g/mol. The van der Waals surface area contributed by atoms with Gasteiger partial charge in [-0.3, -0.25) is 14.5 Å². The van der Waals surface area contributed by atoms with E-state index in [9.17, 15) is 22.8 Å². The Morgan fingerprint density at radius 1 is 1.09 bits per heavy atom. The van der Waals surface area contributed by atoms with Crippen LogP contribution in [0, 0.1) is 0 Å². The largest absolute Gasteiger partial charge is 0.334 e. The van der Waals surface area contributed by atoms with Gasteiger partial charge in [-0.05, 0) is 42.5 Å². The summed E-state index contributed by atoms with van der Waals surface area (Å²) in [6.07, 6.45) is 2.03. The van der Waals surface area contributed by atoms with E-state index in [1.54, 1.807) is 11.8 Å². The fourth-order valence-corrected chi connectivity index (χ4v) is 6.67. The Hall–Kier alpha value is -2.94. The summed E-state index contributed by atoms with van der Waals surface area (Å²) >= 11 is 0. The molecule has 3 aliphatic rings. The van der Waals surface area contributed by atoms with Crippen LogP contribution >= 0.6 is 0 Å². The van der Waals surface area contributed by atoms with Crippen LogP contribution in [-0.2, 0) is 25.0 Å². The summed E-state index contributed by atoms with van der Waals surface area (Å²) in [5.41, 5.74) is -0.621. The first kappa shape index (κ1) is 20.9. The zero-order chi connectivity index (χ0) is 22.7. The molecule has 2 aliphatic heterocycles. The SMILES string of the molecule is C[C@]1(c2cccc3ccccc23)NC(=O)N(CC(=O)N(C2CC2)[C@H]2CCS(=O)(=O)C2)C1=O. The highest BCUT2D eigenvalue weighted by Crippen LogP contribution is 2.35. The van der Waals surface area contributed by atoms with Crippen molar-refractivity contribution >= 4 is 38.5 Å². The van der Waals surface area contributed by atoms with Gasteiger partial charge in [0.15, 0.2) is 9.84 Å². The minimum absolute atomic E-state index is 0.00832. The van der Waals surface area contributed by atoms with E-state index in [1.807, 2.05) is 42.5 Å². The van der Waals surface area contributed by atoms with Gasteiger partial charge in [0, 0.05) is 12.1 Å². The van der Waals surface area contributed by atoms with E-state index in [-0.39, 0.29) is 29.5 Å². The number of hydrogen-bond acceptors (Lipinski definition) is 5. The van der Waals surface area contributed by atoms with Gasteiger partial charge in [-0.15, -0.1) is 0 Å². The summed E-state index contributed by atoms with van der Waals surface area (Å²) in [5.74, 6) is -0.846. The molecule has 9 heteroatoms. The normalized spacial score (nSPS) is 27.0. The Morgan fingerprint density at radius 2 is 1.81 bits per heavy atom. The highest BCUT2D eigenvalue weighted by molar-refractivity contribution is 7.91. The Kier molecular flexibility index (Phi) is 4.77. The van der Waals surface area contributed by atoms with Gasteiger partial charge in [-0.2, -0.15) is 0 Å². The average molecular weight is 456 g/mol. The van der Waals surface area contributed by atoms with Crippen molar-refractivity contribution in [1.82, 2.24) is 15.1 Å². The van der Waals surface area contributed by atoms with Crippen LogP contribution in [0.1, 0.15) is 31.7 Å². The van der Waals surface area contributed by atoms with Crippen molar-refractivity contribution in [3.8, 4) is 0 Å². The highest BCUT2D eigenvalue weighted by atomic mass is 32.2. The summed E-state index contributed by atoms with van der Waals surface area (Å²) < 4.78 is 23.9. The third-order valence-corrected chi connectivity index (χ3v) is 8.48. The van der Waals surface area contributed by atoms with Crippen LogP contribution in [0.5, 0.6) is 0 Å². The molecule has 1 aliphatic carbocycles. The standard InChI is InChI=1S/C23H25N3O5S/c1-23(19-8-4-6-15-5-2-3-7-18(15)19)21(28)25(22(29)24-23)13-20(27)26(16-9-10-16)17-11-12-32(30,31)14-17/h2-8,16-17H,9-14H2,1H3,(H,24,29)/t17-,23+/m0/s1. The lowest BCUT2D eigenvalue weighted by Gasteiger charge is -2.30. The number of hydrogen-bond donors (Lipinski definition) is 1. The van der Waals surface area contributed by atoms with E-state index in [0.29, 0.717) is 12.0 Å². The monoisotopic (exact) mass is 455 g/mol. The molecule has 0 bridgehead atoms. The predicted octanol–water partition coefficient (Wildman–Crippen LogP) is 1.78. The number of fused-ring (bicyclic) bond motifs is 1. The Bertz CT molecular complexity index is 1230. The molecule has 2 aromatic carbocycles. The van der Waals surface area contributed by atoms with Crippen molar-refractivity contribution in [2.24, 2.45) is 0 Å². The zero-order valence-corrected chi connectivity index (χ0v) is 18.6. The second-order valence-corrected chi connectivity index (χ2v) is 11.3. The number of imide groups is 1. The molecule has 8 nitrogen and oxygen atoms in total. The van der Waals surface area contributed by atoms with Crippen LogP contribution in [0.25, 0.3) is 10.8 Å². The number of carbonyl (C=O) groups excluding carboxylic acids is 3. The van der Waals surface area contributed by atoms with E-state index >= 15 is 0 Å². The van der Waals surface area contributed by atoms with Crippen molar-refractivity contribution in [2.75, 3.05) is 18.1 Å². The third-order valence-electron chi connectivity index (χ3n) is 6.73. The molecule has 2 aromatic rings. The van der Waals surface area contributed by atoms with Gasteiger partial charge in [0.25, 0.3) is 5.91 Å². The summed E-state index contributed by atoms with van der Waals surface area (Å²) in [6.45, 7) is 1.26. The quantitative estimate of drug-likeness (QED) is 0.693. The molecule has 2 saturated heterocycles. The molecule has 1 N–H and O–H groups in total. The number of rotatable bonds is 5. The molecule has 0 unspecified atom stereocenters. The Balaban J connectivity index is 1.41. The van der Waals surface area contributed by atoms with Crippen molar-refractivity contribution in [1.29, 1.82) is 0 Å². The summed E-state index contributed by atoms with van der Waals surface area (Å²) in [5, 5.41) is 4.59. The van der Waals surface area contributed by atoms with E-state index in [1.165, 1.54) is 0 Å². The van der Waals surface area contributed by atoms with E-state index in [2.05, 4.69) is 5.32 Å². The molecule has 32 heavy (non-hydrogen) atoms. The number of urea groups is 1. The lowest BCUT2D eigenvalue weighted by atomic mass is 9.88. The molecule has 0 aromatic heterocycles. The molecule has 0 spiro atoms. The summed E-state index contributed by atoms with van der Waals surface area (Å²) in [4.78, 5) is 42.0. The maximum Gasteiger partial charge on any atom is 0.325 e. The van der Waals surface area contributed by atoms with Crippen molar-refractivity contribution < 1.29 is 22.8 Å². The fourth-order valence-electron chi connectivity index (χ4n) is 4.95. The molecule has 1 saturated carbocycles. The van der Waals surface area contributed by atoms with Crippen LogP contribution in [0.15, 0.2) is 42.5 Å². The van der Waals surface area contributed by atoms with Crippen LogP contribution in [-0.4, -0.2) is 66.2 Å². The molecule has 168 valence electrons. The number of nitrogens with zero attached hydrogens (tertiary/aromatic N) is 2. The second kappa shape index (κ2) is 7.30. The molecule has 0 radical (unpaired) electrons. The van der Waals surface area contributed by atoms with Gasteiger partial charge in [-0.25, -0.2) is 13.2 Å². The van der Waals surface area contributed by atoms with Crippen LogP contribution in [0.4, 0.5) is 4.79 Å². The van der Waals surface area contributed by atoms with Crippen molar-refractivity contribution in [2.45, 2.75) is 43.8 Å². The topological polar surface area (TPSA) is 104 Å². The molecule has 4 amide bonds. The van der Waals surface area contributed by atoms with Gasteiger partial charge >= 0.3 is 6.03 Å². The minimum Gasteiger partial charge on any atom is -0.334 e. The molecular formula is C23H25N3O5S. The molecule has 2 atom stereocenters. The van der Waals surface area contributed by atoms with Gasteiger partial charge < -0.3 is 10.2 Å². The van der Waals surface area contributed by atoms with Crippen molar-refractivity contribution in [3.05, 3.63) is 48.0 Å². The maximum absolute atomic E-state index is 13.4. The lowest BCUT2D eigenvalue weighted by Crippen LogP contribution is -2.49. The lowest BCUT2D eigenvalue weighted by molar-refractivity contribution is -0.140. The fraction of sp³-hybridized carbons (Fsp3) is 0.435. The predicted molar refractivity (Wildman–Crippen MR) is 118 cm³/mol. The Labute approximate surface area is 186 Å². The summed E-state index contributed by atoms with van der Waals surface area (Å²) in [7, 11) is -3.16. The van der Waals surface area contributed by atoms with Crippen LogP contribution in [0.3, 0.4) is 0 Å². The third kappa shape index (κ3) is 3.44. The number of carbonyl (C=O) groups is 3. The zero-order valence-electron chi connectivity index (χ0n) is 17.8. The van der Waals surface area contributed by atoms with Crippen LogP contribution < -0.4 is 5.32 Å². The molecule has 5 rings (SSSR count). The van der Waals surface area contributed by atoms with E-state index in [4.69, 9.17) is 0 Å². The Morgan fingerprint density at radius 3 is 2.50 bits per heavy atom. The smallest absolute Gasteiger partial charge is 0.325 e. The second-order valence-electron chi connectivity index (χ2n) is 9.06. The number of benzene rings is 2. The number of amides is 4. The van der Waals surface area contributed by atoms with Gasteiger partial charge in [0.1, 0.15) is 12.1 Å². The first-order chi connectivity index (χ1) is 15.2. The highest BCUT2D eigenvalue weighted by Gasteiger charge is 2.51. The minimum atomic E-state index is -3.16. The first-order valence-corrected chi connectivity index (χ1v) is 12.7. The molecule has 3 fully saturated rings. The first-order valence-electron chi connectivity index (χ1n) is 10.8. The van der Waals surface area contributed by atoms with E-state index in [0.717, 1.165) is 28.5 Å². The van der Waals surface area contributed by atoms with Crippen LogP contribution in [0.2, 0.25) is 0 Å². The van der Waals surface area contributed by atoms with Crippen molar-refractivity contribution in [3.63, 3.8) is 0 Å². The molecule has 2 heterocycles. The van der Waals surface area contributed by atoms with Gasteiger partial charge in [0.2, 0.25) is 5.91 Å². The average Bonchev–Trinajstić information content (AvgIpc) is 3.48. The van der Waals surface area contributed by atoms with E-state index < -0.39 is 33.9 Å². The van der Waals surface area contributed by atoms with Gasteiger partial charge in [0.05, 0.1) is 11.5 Å². The number of nitrogens with one attached hydrogen (secondary N) is 1. The number of sulfone groups is 1. The summed E-state index contributed by atoms with van der Waals surface area (Å²) in [6, 6.07) is 12.2.